The second-order valence-corrected chi connectivity index (χ2v) is 3.78. The van der Waals surface area contributed by atoms with Crippen LogP contribution in [0.4, 0.5) is 10.2 Å². The van der Waals surface area contributed by atoms with Crippen molar-refractivity contribution in [3.05, 3.63) is 17.3 Å². The van der Waals surface area contributed by atoms with E-state index in [1.165, 1.54) is 0 Å². The SMILES string of the molecule is CC1CN(c2nc(Cl)ncc2F)CCO1. The van der Waals surface area contributed by atoms with Gasteiger partial charge in [0.05, 0.1) is 18.9 Å². The van der Waals surface area contributed by atoms with Crippen molar-refractivity contribution in [1.82, 2.24) is 9.97 Å². The zero-order valence-corrected chi connectivity index (χ0v) is 9.04. The average molecular weight is 232 g/mol. The van der Waals surface area contributed by atoms with Crippen LogP contribution in [-0.2, 0) is 4.74 Å². The average Bonchev–Trinajstić information content (AvgIpc) is 2.22. The third kappa shape index (κ3) is 2.35. The summed E-state index contributed by atoms with van der Waals surface area (Å²) < 4.78 is 18.8. The number of hydrogen-bond donors (Lipinski definition) is 0. The maximum atomic E-state index is 13.4. The smallest absolute Gasteiger partial charge is 0.224 e. The standard InChI is InChI=1S/C9H11ClFN3O/c1-6-5-14(2-3-15-6)8-7(11)4-12-9(10)13-8/h4,6H,2-3,5H2,1H3. The summed E-state index contributed by atoms with van der Waals surface area (Å²) in [5.74, 6) is -0.196. The number of hydrogen-bond acceptors (Lipinski definition) is 4. The van der Waals surface area contributed by atoms with Crippen LogP contribution in [0.25, 0.3) is 0 Å². The largest absolute Gasteiger partial charge is 0.375 e. The van der Waals surface area contributed by atoms with Gasteiger partial charge in [0, 0.05) is 13.1 Å². The quantitative estimate of drug-likeness (QED) is 0.687. The Bertz CT molecular complexity index is 363. The molecule has 0 bridgehead atoms. The van der Waals surface area contributed by atoms with Crippen molar-refractivity contribution in [3.8, 4) is 0 Å². The Hall–Kier alpha value is -0.940. The van der Waals surface area contributed by atoms with Gasteiger partial charge >= 0.3 is 0 Å². The monoisotopic (exact) mass is 231 g/mol. The second kappa shape index (κ2) is 4.28. The van der Waals surface area contributed by atoms with Crippen molar-refractivity contribution in [2.24, 2.45) is 0 Å². The lowest BCUT2D eigenvalue weighted by Gasteiger charge is -2.31. The van der Waals surface area contributed by atoms with Crippen LogP contribution in [0.15, 0.2) is 6.20 Å². The van der Waals surface area contributed by atoms with Crippen LogP contribution < -0.4 is 4.90 Å². The number of halogens is 2. The first-order valence-electron chi connectivity index (χ1n) is 4.71. The second-order valence-electron chi connectivity index (χ2n) is 3.44. The lowest BCUT2D eigenvalue weighted by molar-refractivity contribution is 0.0527. The molecule has 1 aromatic heterocycles. The van der Waals surface area contributed by atoms with Crippen LogP contribution in [0.1, 0.15) is 6.92 Å². The fourth-order valence-electron chi connectivity index (χ4n) is 1.57. The summed E-state index contributed by atoms with van der Waals surface area (Å²) in [5, 5.41) is 0.0607. The Morgan fingerprint density at radius 3 is 3.20 bits per heavy atom. The molecule has 0 radical (unpaired) electrons. The molecule has 0 N–H and O–H groups in total. The predicted octanol–water partition coefficient (Wildman–Crippen LogP) is 1.49. The first-order valence-corrected chi connectivity index (χ1v) is 5.09. The Kier molecular flexibility index (Phi) is 3.02. The Morgan fingerprint density at radius 1 is 1.67 bits per heavy atom. The number of anilines is 1. The van der Waals surface area contributed by atoms with Crippen LogP contribution >= 0.6 is 11.6 Å². The van der Waals surface area contributed by atoms with E-state index in [1.54, 1.807) is 0 Å². The van der Waals surface area contributed by atoms with Gasteiger partial charge in [0.2, 0.25) is 5.28 Å². The van der Waals surface area contributed by atoms with Crippen molar-refractivity contribution < 1.29 is 9.13 Å². The Balaban J connectivity index is 2.24. The lowest BCUT2D eigenvalue weighted by atomic mass is 10.3. The summed E-state index contributed by atoms with van der Waals surface area (Å²) >= 11 is 5.63. The molecule has 1 unspecified atom stereocenters. The highest BCUT2D eigenvalue weighted by Gasteiger charge is 2.21. The lowest BCUT2D eigenvalue weighted by Crippen LogP contribution is -2.42. The number of nitrogens with zero attached hydrogens (tertiary/aromatic N) is 3. The topological polar surface area (TPSA) is 38.2 Å². The first-order chi connectivity index (χ1) is 7.16. The molecule has 1 aliphatic rings. The number of morpholine rings is 1. The number of aromatic nitrogens is 2. The molecule has 1 aromatic rings. The minimum atomic E-state index is -0.450. The van der Waals surface area contributed by atoms with E-state index in [1.807, 2.05) is 11.8 Å². The van der Waals surface area contributed by atoms with Crippen molar-refractivity contribution in [2.75, 3.05) is 24.6 Å². The van der Waals surface area contributed by atoms with Crippen LogP contribution in [0.3, 0.4) is 0 Å². The van der Waals surface area contributed by atoms with E-state index >= 15 is 0 Å². The van der Waals surface area contributed by atoms with Gasteiger partial charge in [-0.2, -0.15) is 4.98 Å². The van der Waals surface area contributed by atoms with Gasteiger partial charge in [-0.05, 0) is 18.5 Å². The van der Waals surface area contributed by atoms with E-state index in [-0.39, 0.29) is 17.2 Å². The van der Waals surface area contributed by atoms with E-state index < -0.39 is 5.82 Å². The van der Waals surface area contributed by atoms with Gasteiger partial charge in [-0.25, -0.2) is 9.37 Å². The van der Waals surface area contributed by atoms with Gasteiger partial charge in [0.15, 0.2) is 11.6 Å². The molecule has 1 saturated heterocycles. The molecule has 0 amide bonds. The van der Waals surface area contributed by atoms with Crippen LogP contribution in [0.5, 0.6) is 0 Å². The van der Waals surface area contributed by atoms with E-state index in [4.69, 9.17) is 16.3 Å². The summed E-state index contributed by atoms with van der Waals surface area (Å²) in [6.45, 7) is 3.74. The molecular weight excluding hydrogens is 221 g/mol. The molecule has 6 heteroatoms. The molecule has 2 heterocycles. The van der Waals surface area contributed by atoms with Gasteiger partial charge in [0.1, 0.15) is 0 Å². The zero-order chi connectivity index (χ0) is 10.8. The molecule has 82 valence electrons. The molecule has 1 fully saturated rings. The Labute approximate surface area is 92.0 Å². The summed E-state index contributed by atoms with van der Waals surface area (Å²) in [5.41, 5.74) is 0. The summed E-state index contributed by atoms with van der Waals surface area (Å²) in [6, 6.07) is 0. The minimum absolute atomic E-state index is 0.0607. The van der Waals surface area contributed by atoms with Crippen LogP contribution in [0, 0.1) is 5.82 Å². The first kappa shape index (κ1) is 10.6. The molecule has 4 nitrogen and oxygen atoms in total. The van der Waals surface area contributed by atoms with Gasteiger partial charge in [0.25, 0.3) is 0 Å². The van der Waals surface area contributed by atoms with Gasteiger partial charge < -0.3 is 9.64 Å². The van der Waals surface area contributed by atoms with Gasteiger partial charge in [-0.3, -0.25) is 0 Å². The summed E-state index contributed by atoms with van der Waals surface area (Å²) in [7, 11) is 0. The third-order valence-corrected chi connectivity index (χ3v) is 2.42. The van der Waals surface area contributed by atoms with Crippen molar-refractivity contribution >= 4 is 17.4 Å². The molecule has 15 heavy (non-hydrogen) atoms. The molecule has 0 spiro atoms. The maximum Gasteiger partial charge on any atom is 0.224 e. The zero-order valence-electron chi connectivity index (χ0n) is 8.28. The Morgan fingerprint density at radius 2 is 2.47 bits per heavy atom. The fourth-order valence-corrected chi connectivity index (χ4v) is 1.70. The normalized spacial score (nSPS) is 21.8. The van der Waals surface area contributed by atoms with E-state index in [0.29, 0.717) is 19.7 Å². The highest BCUT2D eigenvalue weighted by atomic mass is 35.5. The highest BCUT2D eigenvalue weighted by molar-refractivity contribution is 6.28. The molecular formula is C9H11ClFN3O. The minimum Gasteiger partial charge on any atom is -0.375 e. The summed E-state index contributed by atoms with van der Waals surface area (Å²) in [4.78, 5) is 9.27. The third-order valence-electron chi connectivity index (χ3n) is 2.24. The van der Waals surface area contributed by atoms with E-state index in [9.17, 15) is 4.39 Å². The van der Waals surface area contributed by atoms with Gasteiger partial charge in [-0.15, -0.1) is 0 Å². The molecule has 1 aliphatic heterocycles. The van der Waals surface area contributed by atoms with E-state index in [0.717, 1.165) is 6.20 Å². The molecule has 2 rings (SSSR count). The van der Waals surface area contributed by atoms with E-state index in [2.05, 4.69) is 9.97 Å². The van der Waals surface area contributed by atoms with Crippen LogP contribution in [0.2, 0.25) is 5.28 Å². The summed E-state index contributed by atoms with van der Waals surface area (Å²) in [6.07, 6.45) is 1.16. The molecule has 0 aromatic carbocycles. The fraction of sp³-hybridized carbons (Fsp3) is 0.556. The van der Waals surface area contributed by atoms with Crippen molar-refractivity contribution in [3.63, 3.8) is 0 Å². The number of rotatable bonds is 1. The number of ether oxygens (including phenoxy) is 1. The molecule has 0 aliphatic carbocycles. The van der Waals surface area contributed by atoms with Crippen molar-refractivity contribution in [2.45, 2.75) is 13.0 Å². The molecule has 1 atom stereocenters. The van der Waals surface area contributed by atoms with Crippen LogP contribution in [-0.4, -0.2) is 35.8 Å². The molecule has 0 saturated carbocycles. The van der Waals surface area contributed by atoms with Crippen molar-refractivity contribution in [1.29, 1.82) is 0 Å². The maximum absolute atomic E-state index is 13.4. The predicted molar refractivity (Wildman–Crippen MR) is 54.6 cm³/mol. The highest BCUT2D eigenvalue weighted by Crippen LogP contribution is 2.19. The van der Waals surface area contributed by atoms with Gasteiger partial charge in [-0.1, -0.05) is 0 Å².